The molecule has 0 saturated carbocycles. The SMILES string of the molecule is CC1C=Cc2c(c3cc(-n4c5ccc(-c6ccccc6)cc5c5c(-c6cccc(-c7nc(-c8ccccc8)nc(-c8ccccc8)n7)c6)cccc54)ccc3c3ccccc23)C1. The highest BCUT2D eigenvalue weighted by atomic mass is 15.0. The summed E-state index contributed by atoms with van der Waals surface area (Å²) in [5, 5.41) is 7.67. The third kappa shape index (κ3) is 6.02. The van der Waals surface area contributed by atoms with Gasteiger partial charge in [-0.15, -0.1) is 0 Å². The summed E-state index contributed by atoms with van der Waals surface area (Å²) in [5.74, 6) is 2.41. The molecule has 0 radical (unpaired) electrons. The van der Waals surface area contributed by atoms with Gasteiger partial charge in [0.25, 0.3) is 0 Å². The van der Waals surface area contributed by atoms with Crippen molar-refractivity contribution >= 4 is 49.4 Å². The van der Waals surface area contributed by atoms with E-state index in [-0.39, 0.29) is 0 Å². The van der Waals surface area contributed by atoms with Crippen molar-refractivity contribution in [1.29, 1.82) is 0 Å². The Kier molecular flexibility index (Phi) is 8.49. The van der Waals surface area contributed by atoms with Crippen molar-refractivity contribution < 1.29 is 0 Å². The lowest BCUT2D eigenvalue weighted by molar-refractivity contribution is 0.722. The van der Waals surface area contributed by atoms with Gasteiger partial charge >= 0.3 is 0 Å². The van der Waals surface area contributed by atoms with Crippen LogP contribution in [-0.2, 0) is 6.42 Å². The Balaban J connectivity index is 1.08. The zero-order valence-electron chi connectivity index (χ0n) is 34.2. The van der Waals surface area contributed by atoms with Gasteiger partial charge in [0.05, 0.1) is 11.0 Å². The average Bonchev–Trinajstić information content (AvgIpc) is 3.68. The van der Waals surface area contributed by atoms with Gasteiger partial charge in [0.2, 0.25) is 0 Å². The third-order valence-corrected chi connectivity index (χ3v) is 12.6. The van der Waals surface area contributed by atoms with Gasteiger partial charge < -0.3 is 4.57 Å². The van der Waals surface area contributed by atoms with Gasteiger partial charge in [0.15, 0.2) is 17.5 Å². The van der Waals surface area contributed by atoms with Crippen LogP contribution >= 0.6 is 0 Å². The van der Waals surface area contributed by atoms with E-state index in [2.05, 4.69) is 181 Å². The Morgan fingerprint density at radius 1 is 0.419 bits per heavy atom. The van der Waals surface area contributed by atoms with Crippen LogP contribution in [-0.4, -0.2) is 19.5 Å². The number of nitrogens with zero attached hydrogens (tertiary/aromatic N) is 4. The average molecular weight is 793 g/mol. The van der Waals surface area contributed by atoms with Gasteiger partial charge in [-0.3, -0.25) is 0 Å². The topological polar surface area (TPSA) is 43.6 Å². The van der Waals surface area contributed by atoms with Crippen molar-refractivity contribution in [3.05, 3.63) is 211 Å². The molecule has 0 N–H and O–H groups in total. The number of rotatable bonds is 6. The van der Waals surface area contributed by atoms with Gasteiger partial charge in [-0.1, -0.05) is 177 Å². The van der Waals surface area contributed by atoms with Crippen LogP contribution in [0.5, 0.6) is 0 Å². The van der Waals surface area contributed by atoms with E-state index in [9.17, 15) is 0 Å². The second-order valence-electron chi connectivity index (χ2n) is 16.5. The zero-order valence-corrected chi connectivity index (χ0v) is 34.2. The van der Waals surface area contributed by atoms with Crippen LogP contribution in [0.4, 0.5) is 0 Å². The number of allylic oxidation sites excluding steroid dienone is 1. The number of benzene rings is 9. The van der Waals surface area contributed by atoms with Gasteiger partial charge in [-0.2, -0.15) is 0 Å². The fraction of sp³-hybridized carbons (Fsp3) is 0.0517. The summed E-state index contributed by atoms with van der Waals surface area (Å²) < 4.78 is 2.47. The molecule has 0 fully saturated rings. The summed E-state index contributed by atoms with van der Waals surface area (Å²) in [6.07, 6.45) is 5.74. The lowest BCUT2D eigenvalue weighted by atomic mass is 9.83. The van der Waals surface area contributed by atoms with Crippen LogP contribution in [0, 0.1) is 5.92 Å². The molecule has 292 valence electrons. The van der Waals surface area contributed by atoms with Crippen molar-refractivity contribution in [1.82, 2.24) is 19.5 Å². The molecule has 9 aromatic carbocycles. The minimum absolute atomic E-state index is 0.478. The van der Waals surface area contributed by atoms with E-state index in [4.69, 9.17) is 15.0 Å². The van der Waals surface area contributed by atoms with Gasteiger partial charge in [-0.25, -0.2) is 15.0 Å². The molecule has 4 heteroatoms. The molecule has 1 atom stereocenters. The molecule has 1 aliphatic carbocycles. The predicted octanol–water partition coefficient (Wildman–Crippen LogP) is 14.8. The monoisotopic (exact) mass is 792 g/mol. The standard InChI is InChI=1S/C58H40N4/c1-37-27-30-48-46-23-11-12-24-47(46)49-31-29-44(36-51(49)50(48)33-37)62-53-32-28-41(38-15-5-2-6-16-38)35-52(53)55-45(25-14-26-54(55)62)42-21-13-22-43(34-42)58-60-56(39-17-7-3-8-18-39)59-57(61-58)40-19-9-4-10-20-40/h2-32,34-37H,33H2,1H3. The predicted molar refractivity (Wildman–Crippen MR) is 258 cm³/mol. The Morgan fingerprint density at radius 2 is 1.02 bits per heavy atom. The van der Waals surface area contributed by atoms with Crippen LogP contribution in [0.2, 0.25) is 0 Å². The molecule has 4 nitrogen and oxygen atoms in total. The molecule has 0 aliphatic heterocycles. The number of hydrogen-bond donors (Lipinski definition) is 0. The minimum atomic E-state index is 0.478. The maximum absolute atomic E-state index is 5.08. The molecule has 0 amide bonds. The van der Waals surface area contributed by atoms with Gasteiger partial charge in [-0.05, 0) is 104 Å². The van der Waals surface area contributed by atoms with Crippen LogP contribution in [0.3, 0.4) is 0 Å². The summed E-state index contributed by atoms with van der Waals surface area (Å²) >= 11 is 0. The lowest BCUT2D eigenvalue weighted by Gasteiger charge is -2.22. The summed E-state index contributed by atoms with van der Waals surface area (Å²) in [7, 11) is 0. The summed E-state index contributed by atoms with van der Waals surface area (Å²) in [4.78, 5) is 15.1. The Morgan fingerprint density at radius 3 is 1.74 bits per heavy atom. The van der Waals surface area contributed by atoms with Crippen LogP contribution in [0.25, 0.3) is 112 Å². The molecule has 62 heavy (non-hydrogen) atoms. The molecule has 2 heterocycles. The first-order valence-corrected chi connectivity index (χ1v) is 21.4. The Labute approximate surface area is 360 Å². The highest BCUT2D eigenvalue weighted by molar-refractivity contribution is 6.18. The number of fused-ring (bicyclic) bond motifs is 9. The molecular formula is C58H40N4. The third-order valence-electron chi connectivity index (χ3n) is 12.6. The maximum atomic E-state index is 5.08. The normalized spacial score (nSPS) is 13.6. The Bertz CT molecular complexity index is 3490. The number of hydrogen-bond acceptors (Lipinski definition) is 3. The second kappa shape index (κ2) is 14.6. The van der Waals surface area contributed by atoms with Crippen LogP contribution in [0.1, 0.15) is 18.1 Å². The Hall–Kier alpha value is -7.95. The number of aromatic nitrogens is 4. The molecule has 0 bridgehead atoms. The quantitative estimate of drug-likeness (QED) is 0.158. The molecule has 1 aliphatic rings. The maximum Gasteiger partial charge on any atom is 0.164 e. The first kappa shape index (κ1) is 35.9. The highest BCUT2D eigenvalue weighted by Gasteiger charge is 2.22. The molecule has 12 rings (SSSR count). The minimum Gasteiger partial charge on any atom is -0.309 e. The van der Waals surface area contributed by atoms with Crippen molar-refractivity contribution in [2.75, 3.05) is 0 Å². The first-order chi connectivity index (χ1) is 30.6. The van der Waals surface area contributed by atoms with Crippen LogP contribution < -0.4 is 0 Å². The molecule has 0 saturated heterocycles. The molecule has 1 unspecified atom stereocenters. The molecule has 11 aromatic rings. The smallest absolute Gasteiger partial charge is 0.164 e. The van der Waals surface area contributed by atoms with Crippen molar-refractivity contribution in [2.24, 2.45) is 5.92 Å². The lowest BCUT2D eigenvalue weighted by Crippen LogP contribution is -2.05. The van der Waals surface area contributed by atoms with Gasteiger partial charge in [0.1, 0.15) is 0 Å². The van der Waals surface area contributed by atoms with E-state index in [1.54, 1.807) is 0 Å². The summed E-state index contributed by atoms with van der Waals surface area (Å²) in [6, 6.07) is 69.4. The van der Waals surface area contributed by atoms with E-state index < -0.39 is 0 Å². The largest absolute Gasteiger partial charge is 0.309 e. The zero-order chi connectivity index (χ0) is 41.1. The van der Waals surface area contributed by atoms with Crippen LogP contribution in [0.15, 0.2) is 200 Å². The van der Waals surface area contributed by atoms with E-state index in [0.717, 1.165) is 45.4 Å². The summed E-state index contributed by atoms with van der Waals surface area (Å²) in [6.45, 7) is 2.32. The van der Waals surface area contributed by atoms with Crippen molar-refractivity contribution in [3.8, 4) is 62.1 Å². The van der Waals surface area contributed by atoms with Crippen molar-refractivity contribution in [2.45, 2.75) is 13.3 Å². The fourth-order valence-corrected chi connectivity index (χ4v) is 9.64. The molecule has 0 spiro atoms. The fourth-order valence-electron chi connectivity index (χ4n) is 9.64. The first-order valence-electron chi connectivity index (χ1n) is 21.4. The van der Waals surface area contributed by atoms with E-state index in [1.807, 2.05) is 36.4 Å². The van der Waals surface area contributed by atoms with Crippen molar-refractivity contribution in [3.63, 3.8) is 0 Å². The molecule has 2 aromatic heterocycles. The van der Waals surface area contributed by atoms with E-state index in [0.29, 0.717) is 23.4 Å². The molecular weight excluding hydrogens is 753 g/mol. The van der Waals surface area contributed by atoms with Gasteiger partial charge in [0, 0.05) is 33.2 Å². The van der Waals surface area contributed by atoms with E-state index in [1.165, 1.54) is 60.1 Å². The second-order valence-corrected chi connectivity index (χ2v) is 16.5. The highest BCUT2D eigenvalue weighted by Crippen LogP contribution is 2.43. The summed E-state index contributed by atoms with van der Waals surface area (Å²) in [5.41, 5.74) is 13.7. The van der Waals surface area contributed by atoms with E-state index >= 15 is 0 Å².